The second-order valence-electron chi connectivity index (χ2n) is 4.87. The normalized spacial score (nSPS) is 13.2. The third-order valence-electron chi connectivity index (χ3n) is 3.28. The molecule has 2 N–H and O–H groups in total. The van der Waals surface area contributed by atoms with Gasteiger partial charge in [0.15, 0.2) is 0 Å². The van der Waals surface area contributed by atoms with Gasteiger partial charge in [0.05, 0.1) is 11.3 Å². The topological polar surface area (TPSA) is 110 Å². The highest BCUT2D eigenvalue weighted by molar-refractivity contribution is 5.85. The summed E-state index contributed by atoms with van der Waals surface area (Å²) in [5, 5.41) is 22.2. The molecule has 0 aromatic heterocycles. The fourth-order valence-corrected chi connectivity index (χ4v) is 1.87. The van der Waals surface area contributed by atoms with Crippen LogP contribution in [0.2, 0.25) is 0 Å². The molecule has 7 nitrogen and oxygen atoms in total. The van der Waals surface area contributed by atoms with E-state index >= 15 is 0 Å². The van der Waals surface area contributed by atoms with E-state index in [1.807, 2.05) is 6.92 Å². The molecule has 114 valence electrons. The summed E-state index contributed by atoms with van der Waals surface area (Å²) >= 11 is 0. The molecule has 1 aromatic rings. The van der Waals surface area contributed by atoms with Crippen LogP contribution in [0.15, 0.2) is 24.3 Å². The van der Waals surface area contributed by atoms with Gasteiger partial charge in [-0.2, -0.15) is 0 Å². The van der Waals surface area contributed by atoms with E-state index in [1.165, 1.54) is 18.2 Å². The Balaban J connectivity index is 2.74. The van der Waals surface area contributed by atoms with Gasteiger partial charge in [0.2, 0.25) is 5.91 Å². The lowest BCUT2D eigenvalue weighted by atomic mass is 9.99. The maximum atomic E-state index is 11.9. The summed E-state index contributed by atoms with van der Waals surface area (Å²) in [6, 6.07) is 4.76. The molecule has 0 aliphatic rings. The molecular weight excluding hydrogens is 276 g/mol. The Labute approximate surface area is 122 Å². The van der Waals surface area contributed by atoms with E-state index in [-0.39, 0.29) is 18.0 Å². The maximum absolute atomic E-state index is 11.9. The first-order valence-corrected chi connectivity index (χ1v) is 6.60. The molecule has 1 amide bonds. The standard InChI is InChI=1S/C14H18N2O5/c1-3-9(2)13(14(18)19)15-12(17)8-10-5-4-6-11(7-10)16(20)21/h4-7,9,13H,3,8H2,1-2H3,(H,15,17)(H,18,19)/t9?,13-/m0/s1. The quantitative estimate of drug-likeness (QED) is 0.588. The van der Waals surface area contributed by atoms with Crippen LogP contribution in [0.1, 0.15) is 25.8 Å². The van der Waals surface area contributed by atoms with Gasteiger partial charge in [0.25, 0.3) is 5.69 Å². The third kappa shape index (κ3) is 4.87. The predicted molar refractivity (Wildman–Crippen MR) is 75.8 cm³/mol. The molecular formula is C14H18N2O5. The number of carbonyl (C=O) groups is 2. The molecule has 1 rings (SSSR count). The smallest absolute Gasteiger partial charge is 0.326 e. The van der Waals surface area contributed by atoms with Crippen molar-refractivity contribution in [3.63, 3.8) is 0 Å². The molecule has 1 aromatic carbocycles. The van der Waals surface area contributed by atoms with Crippen molar-refractivity contribution in [1.82, 2.24) is 5.32 Å². The van der Waals surface area contributed by atoms with Crippen LogP contribution in [0.4, 0.5) is 5.69 Å². The molecule has 0 fully saturated rings. The molecule has 21 heavy (non-hydrogen) atoms. The monoisotopic (exact) mass is 294 g/mol. The van der Waals surface area contributed by atoms with Crippen LogP contribution < -0.4 is 5.32 Å². The number of aliphatic carboxylic acids is 1. The number of hydrogen-bond donors (Lipinski definition) is 2. The Morgan fingerprint density at radius 2 is 2.10 bits per heavy atom. The SMILES string of the molecule is CCC(C)[C@H](NC(=O)Cc1cccc([N+](=O)[O-])c1)C(=O)O. The molecule has 0 heterocycles. The van der Waals surface area contributed by atoms with Crippen LogP contribution >= 0.6 is 0 Å². The number of nitro groups is 1. The summed E-state index contributed by atoms with van der Waals surface area (Å²) in [5.41, 5.74) is 0.368. The Hall–Kier alpha value is -2.44. The zero-order chi connectivity index (χ0) is 16.0. The lowest BCUT2D eigenvalue weighted by Crippen LogP contribution is -2.45. The molecule has 0 bridgehead atoms. The van der Waals surface area contributed by atoms with Gasteiger partial charge in [-0.1, -0.05) is 32.4 Å². The summed E-state index contributed by atoms with van der Waals surface area (Å²) < 4.78 is 0. The number of amides is 1. The van der Waals surface area contributed by atoms with Crippen molar-refractivity contribution in [1.29, 1.82) is 0 Å². The van der Waals surface area contributed by atoms with E-state index in [1.54, 1.807) is 13.0 Å². The second kappa shape index (κ2) is 7.37. The maximum Gasteiger partial charge on any atom is 0.326 e. The lowest BCUT2D eigenvalue weighted by Gasteiger charge is -2.20. The number of non-ortho nitro benzene ring substituents is 1. The Morgan fingerprint density at radius 1 is 1.43 bits per heavy atom. The van der Waals surface area contributed by atoms with Crippen molar-refractivity contribution in [3.05, 3.63) is 39.9 Å². The average Bonchev–Trinajstić information content (AvgIpc) is 2.43. The molecule has 7 heteroatoms. The first-order chi connectivity index (χ1) is 9.85. The summed E-state index contributed by atoms with van der Waals surface area (Å²) in [7, 11) is 0. The highest BCUT2D eigenvalue weighted by Gasteiger charge is 2.25. The molecule has 0 aliphatic heterocycles. The third-order valence-corrected chi connectivity index (χ3v) is 3.28. The molecule has 0 radical (unpaired) electrons. The number of rotatable bonds is 7. The Morgan fingerprint density at radius 3 is 2.62 bits per heavy atom. The second-order valence-corrected chi connectivity index (χ2v) is 4.87. The summed E-state index contributed by atoms with van der Waals surface area (Å²) in [6.07, 6.45) is 0.524. The van der Waals surface area contributed by atoms with E-state index < -0.39 is 22.8 Å². The fraction of sp³-hybridized carbons (Fsp3) is 0.429. The van der Waals surface area contributed by atoms with Gasteiger partial charge in [-0.15, -0.1) is 0 Å². The minimum Gasteiger partial charge on any atom is -0.480 e. The van der Waals surface area contributed by atoms with E-state index in [2.05, 4.69) is 5.32 Å². The lowest BCUT2D eigenvalue weighted by molar-refractivity contribution is -0.384. The Bertz CT molecular complexity index is 544. The Kier molecular flexibility index (Phi) is 5.83. The van der Waals surface area contributed by atoms with Crippen LogP contribution in [0.25, 0.3) is 0 Å². The van der Waals surface area contributed by atoms with Gasteiger partial charge in [0.1, 0.15) is 6.04 Å². The first-order valence-electron chi connectivity index (χ1n) is 6.60. The molecule has 0 spiro atoms. The van der Waals surface area contributed by atoms with E-state index in [0.717, 1.165) is 0 Å². The first kappa shape index (κ1) is 16.6. The zero-order valence-corrected chi connectivity index (χ0v) is 11.9. The largest absolute Gasteiger partial charge is 0.480 e. The van der Waals surface area contributed by atoms with Crippen LogP contribution in [-0.4, -0.2) is 27.9 Å². The van der Waals surface area contributed by atoms with Crippen LogP contribution in [-0.2, 0) is 16.0 Å². The van der Waals surface area contributed by atoms with Gasteiger partial charge in [-0.25, -0.2) is 4.79 Å². The van der Waals surface area contributed by atoms with Gasteiger partial charge in [0, 0.05) is 12.1 Å². The van der Waals surface area contributed by atoms with E-state index in [0.29, 0.717) is 12.0 Å². The summed E-state index contributed by atoms with van der Waals surface area (Å²) in [6.45, 7) is 3.58. The number of hydrogen-bond acceptors (Lipinski definition) is 4. The minimum atomic E-state index is -1.09. The fourth-order valence-electron chi connectivity index (χ4n) is 1.87. The van der Waals surface area contributed by atoms with E-state index in [9.17, 15) is 19.7 Å². The number of carboxylic acids is 1. The van der Waals surface area contributed by atoms with Gasteiger partial charge in [-0.05, 0) is 11.5 Å². The van der Waals surface area contributed by atoms with Crippen molar-refractivity contribution in [2.75, 3.05) is 0 Å². The molecule has 0 saturated heterocycles. The van der Waals surface area contributed by atoms with Crippen LogP contribution in [0.5, 0.6) is 0 Å². The molecule has 1 unspecified atom stereocenters. The molecule has 0 saturated carbocycles. The van der Waals surface area contributed by atoms with Gasteiger partial charge in [-0.3, -0.25) is 14.9 Å². The van der Waals surface area contributed by atoms with Crippen molar-refractivity contribution < 1.29 is 19.6 Å². The van der Waals surface area contributed by atoms with Crippen molar-refractivity contribution in [2.45, 2.75) is 32.7 Å². The number of nitrogens with one attached hydrogen (secondary N) is 1. The van der Waals surface area contributed by atoms with Crippen LogP contribution in [0, 0.1) is 16.0 Å². The van der Waals surface area contributed by atoms with Crippen LogP contribution in [0.3, 0.4) is 0 Å². The average molecular weight is 294 g/mol. The highest BCUT2D eigenvalue weighted by atomic mass is 16.6. The van der Waals surface area contributed by atoms with Crippen molar-refractivity contribution in [2.24, 2.45) is 5.92 Å². The minimum absolute atomic E-state index is 0.0953. The number of benzene rings is 1. The number of carbonyl (C=O) groups excluding carboxylic acids is 1. The number of carboxylic acid groups (broad SMARTS) is 1. The predicted octanol–water partition coefficient (Wildman–Crippen LogP) is 1.75. The molecule has 0 aliphatic carbocycles. The summed E-state index contributed by atoms with van der Waals surface area (Å²) in [5.74, 6) is -1.75. The highest BCUT2D eigenvalue weighted by Crippen LogP contribution is 2.14. The van der Waals surface area contributed by atoms with Crippen molar-refractivity contribution >= 4 is 17.6 Å². The number of nitrogens with zero attached hydrogens (tertiary/aromatic N) is 1. The van der Waals surface area contributed by atoms with Gasteiger partial charge < -0.3 is 10.4 Å². The van der Waals surface area contributed by atoms with Crippen molar-refractivity contribution in [3.8, 4) is 0 Å². The van der Waals surface area contributed by atoms with E-state index in [4.69, 9.17) is 5.11 Å². The number of nitro benzene ring substituents is 1. The van der Waals surface area contributed by atoms with Gasteiger partial charge >= 0.3 is 5.97 Å². The zero-order valence-electron chi connectivity index (χ0n) is 11.9. The molecule has 2 atom stereocenters. The summed E-state index contributed by atoms with van der Waals surface area (Å²) in [4.78, 5) is 33.1.